The first-order valence-corrected chi connectivity index (χ1v) is 6.97. The number of rotatable bonds is 2. The first-order valence-electron chi connectivity index (χ1n) is 6.60. The molecular weight excluding hydrogens is 253 g/mol. The number of halogens is 2. The van der Waals surface area contributed by atoms with E-state index in [1.165, 1.54) is 0 Å². The molecule has 3 nitrogen and oxygen atoms in total. The summed E-state index contributed by atoms with van der Waals surface area (Å²) in [6.07, 6.45) is 3.83. The van der Waals surface area contributed by atoms with Crippen LogP contribution in [0.15, 0.2) is 0 Å². The molecule has 3 rings (SSSR count). The molecule has 1 N–H and O–H groups in total. The average Bonchev–Trinajstić information content (AvgIpc) is 2.74. The Hall–Kier alpha value is -0.610. The van der Waals surface area contributed by atoms with Gasteiger partial charge in [0.15, 0.2) is 0 Å². The molecule has 1 aromatic heterocycles. The fourth-order valence-electron chi connectivity index (χ4n) is 3.53. The van der Waals surface area contributed by atoms with Crippen LogP contribution in [0.1, 0.15) is 36.9 Å². The number of hydrogen-bond donors (Lipinski definition) is 1. The Kier molecular flexibility index (Phi) is 2.90. The van der Waals surface area contributed by atoms with Crippen molar-refractivity contribution in [2.45, 2.75) is 56.8 Å². The molecule has 2 atom stereocenters. The van der Waals surface area contributed by atoms with Crippen molar-refractivity contribution >= 4 is 11.6 Å². The van der Waals surface area contributed by atoms with Crippen molar-refractivity contribution < 1.29 is 4.39 Å². The maximum absolute atomic E-state index is 15.0. The van der Waals surface area contributed by atoms with Crippen LogP contribution in [0.25, 0.3) is 0 Å². The molecule has 0 aliphatic carbocycles. The standard InChI is InChI=1S/C13H19ClFN3/c1-8-11(12(14)18(2)17-8)7-13(15)5-9-3-4-10(6-13)16-9/h9-10,16H,3-7H2,1-2H3. The van der Waals surface area contributed by atoms with Gasteiger partial charge in [-0.15, -0.1) is 0 Å². The van der Waals surface area contributed by atoms with E-state index >= 15 is 4.39 Å². The van der Waals surface area contributed by atoms with E-state index in [0.29, 0.717) is 36.5 Å². The normalized spacial score (nSPS) is 35.1. The summed E-state index contributed by atoms with van der Waals surface area (Å²) < 4.78 is 16.7. The van der Waals surface area contributed by atoms with Gasteiger partial charge in [-0.05, 0) is 32.6 Å². The van der Waals surface area contributed by atoms with E-state index in [1.54, 1.807) is 11.7 Å². The van der Waals surface area contributed by atoms with E-state index in [1.807, 2.05) is 6.92 Å². The van der Waals surface area contributed by atoms with E-state index in [-0.39, 0.29) is 0 Å². The van der Waals surface area contributed by atoms with Crippen LogP contribution < -0.4 is 5.32 Å². The second-order valence-corrected chi connectivity index (χ2v) is 6.21. The maximum Gasteiger partial charge on any atom is 0.130 e. The van der Waals surface area contributed by atoms with E-state index in [0.717, 1.165) is 24.1 Å². The van der Waals surface area contributed by atoms with Crippen molar-refractivity contribution in [3.63, 3.8) is 0 Å². The Morgan fingerprint density at radius 2 is 2.06 bits per heavy atom. The van der Waals surface area contributed by atoms with Gasteiger partial charge in [0.2, 0.25) is 0 Å². The first kappa shape index (κ1) is 12.4. The molecule has 2 aliphatic rings. The minimum absolute atomic E-state index is 0.351. The summed E-state index contributed by atoms with van der Waals surface area (Å²) >= 11 is 6.20. The SMILES string of the molecule is Cc1nn(C)c(Cl)c1CC1(F)CC2CCC(C1)N2. The molecule has 2 aliphatic heterocycles. The van der Waals surface area contributed by atoms with Crippen molar-refractivity contribution in [1.29, 1.82) is 0 Å². The van der Waals surface area contributed by atoms with E-state index in [9.17, 15) is 0 Å². The van der Waals surface area contributed by atoms with Crippen LogP contribution >= 0.6 is 11.6 Å². The predicted octanol–water partition coefficient (Wildman–Crippen LogP) is 2.55. The summed E-state index contributed by atoms with van der Waals surface area (Å²) in [6, 6.07) is 0.703. The number of aromatic nitrogens is 2. The van der Waals surface area contributed by atoms with Gasteiger partial charge in [-0.1, -0.05) is 11.6 Å². The minimum Gasteiger partial charge on any atom is -0.311 e. The Labute approximate surface area is 112 Å². The quantitative estimate of drug-likeness (QED) is 0.896. The Morgan fingerprint density at radius 3 is 2.56 bits per heavy atom. The number of nitrogens with one attached hydrogen (secondary N) is 1. The smallest absolute Gasteiger partial charge is 0.130 e. The molecule has 18 heavy (non-hydrogen) atoms. The van der Waals surface area contributed by atoms with Crippen molar-refractivity contribution in [3.8, 4) is 0 Å². The molecular formula is C13H19ClFN3. The van der Waals surface area contributed by atoms with Crippen LogP contribution in [-0.4, -0.2) is 27.5 Å². The molecule has 1 aromatic rings. The van der Waals surface area contributed by atoms with Crippen LogP contribution in [0.2, 0.25) is 5.15 Å². The zero-order valence-corrected chi connectivity index (χ0v) is 11.6. The zero-order chi connectivity index (χ0) is 12.9. The largest absolute Gasteiger partial charge is 0.311 e. The number of fused-ring (bicyclic) bond motifs is 2. The van der Waals surface area contributed by atoms with Crippen molar-refractivity contribution in [2.24, 2.45) is 7.05 Å². The monoisotopic (exact) mass is 271 g/mol. The van der Waals surface area contributed by atoms with Crippen LogP contribution in [0.5, 0.6) is 0 Å². The summed E-state index contributed by atoms with van der Waals surface area (Å²) in [6.45, 7) is 1.90. The summed E-state index contributed by atoms with van der Waals surface area (Å²) in [7, 11) is 1.80. The van der Waals surface area contributed by atoms with Gasteiger partial charge in [-0.25, -0.2) is 4.39 Å². The number of nitrogens with zero attached hydrogens (tertiary/aromatic N) is 2. The van der Waals surface area contributed by atoms with Crippen LogP contribution in [-0.2, 0) is 13.5 Å². The molecule has 3 heterocycles. The molecule has 2 unspecified atom stereocenters. The Morgan fingerprint density at radius 1 is 1.44 bits per heavy atom. The average molecular weight is 272 g/mol. The molecule has 2 bridgehead atoms. The minimum atomic E-state index is -1.12. The highest BCUT2D eigenvalue weighted by molar-refractivity contribution is 6.30. The molecule has 0 saturated carbocycles. The van der Waals surface area contributed by atoms with Gasteiger partial charge in [-0.3, -0.25) is 4.68 Å². The second kappa shape index (κ2) is 4.20. The lowest BCUT2D eigenvalue weighted by atomic mass is 9.84. The highest BCUT2D eigenvalue weighted by atomic mass is 35.5. The second-order valence-electron chi connectivity index (χ2n) is 5.85. The van der Waals surface area contributed by atoms with Crippen LogP contribution in [0.3, 0.4) is 0 Å². The summed E-state index contributed by atoms with van der Waals surface area (Å²) in [4.78, 5) is 0. The third-order valence-corrected chi connectivity index (χ3v) is 4.80. The fraction of sp³-hybridized carbons (Fsp3) is 0.769. The third-order valence-electron chi connectivity index (χ3n) is 4.32. The van der Waals surface area contributed by atoms with E-state index in [2.05, 4.69) is 10.4 Å². The summed E-state index contributed by atoms with van der Waals surface area (Å²) in [5, 5.41) is 8.31. The van der Waals surface area contributed by atoms with Crippen LogP contribution in [0, 0.1) is 6.92 Å². The van der Waals surface area contributed by atoms with E-state index in [4.69, 9.17) is 11.6 Å². The van der Waals surface area contributed by atoms with Gasteiger partial charge in [0.25, 0.3) is 0 Å². The lowest BCUT2D eigenvalue weighted by molar-refractivity contribution is 0.0892. The van der Waals surface area contributed by atoms with Gasteiger partial charge in [-0.2, -0.15) is 5.10 Å². The lowest BCUT2D eigenvalue weighted by Crippen LogP contribution is -2.47. The lowest BCUT2D eigenvalue weighted by Gasteiger charge is -2.35. The van der Waals surface area contributed by atoms with Crippen molar-refractivity contribution in [3.05, 3.63) is 16.4 Å². The number of piperidine rings is 1. The first-order chi connectivity index (χ1) is 8.47. The molecule has 5 heteroatoms. The molecule has 0 aromatic carbocycles. The van der Waals surface area contributed by atoms with Crippen molar-refractivity contribution in [2.75, 3.05) is 0 Å². The number of alkyl halides is 1. The molecule has 100 valence electrons. The van der Waals surface area contributed by atoms with Gasteiger partial charge in [0.1, 0.15) is 10.8 Å². The molecule has 2 saturated heterocycles. The number of aryl methyl sites for hydroxylation is 2. The Bertz CT molecular complexity index is 459. The maximum atomic E-state index is 15.0. The molecule has 2 fully saturated rings. The third kappa shape index (κ3) is 2.05. The van der Waals surface area contributed by atoms with Crippen molar-refractivity contribution in [1.82, 2.24) is 15.1 Å². The van der Waals surface area contributed by atoms with Gasteiger partial charge in [0, 0.05) is 31.1 Å². The highest BCUT2D eigenvalue weighted by Crippen LogP contribution is 2.40. The highest BCUT2D eigenvalue weighted by Gasteiger charge is 2.44. The molecule has 0 radical (unpaired) electrons. The fourth-order valence-corrected chi connectivity index (χ4v) is 3.77. The summed E-state index contributed by atoms with van der Waals surface area (Å²) in [5.41, 5.74) is 0.613. The van der Waals surface area contributed by atoms with E-state index < -0.39 is 5.67 Å². The zero-order valence-electron chi connectivity index (χ0n) is 10.8. The Balaban J connectivity index is 1.83. The van der Waals surface area contributed by atoms with Crippen LogP contribution in [0.4, 0.5) is 4.39 Å². The predicted molar refractivity (Wildman–Crippen MR) is 69.7 cm³/mol. The summed E-state index contributed by atoms with van der Waals surface area (Å²) in [5.74, 6) is 0. The number of hydrogen-bond acceptors (Lipinski definition) is 2. The topological polar surface area (TPSA) is 29.9 Å². The van der Waals surface area contributed by atoms with Gasteiger partial charge < -0.3 is 5.32 Å². The molecule has 0 amide bonds. The van der Waals surface area contributed by atoms with Gasteiger partial charge in [0.05, 0.1) is 5.69 Å². The molecule has 0 spiro atoms. The van der Waals surface area contributed by atoms with Gasteiger partial charge >= 0.3 is 0 Å².